The van der Waals surface area contributed by atoms with Crippen LogP contribution in [-0.4, -0.2) is 18.4 Å². The summed E-state index contributed by atoms with van der Waals surface area (Å²) in [6.45, 7) is 0.701. The zero-order valence-electron chi connectivity index (χ0n) is 15.1. The van der Waals surface area contributed by atoms with Crippen LogP contribution in [0.2, 0.25) is 5.02 Å². The predicted molar refractivity (Wildman–Crippen MR) is 113 cm³/mol. The second-order valence-electron chi connectivity index (χ2n) is 6.71. The molecule has 0 bridgehead atoms. The van der Waals surface area contributed by atoms with E-state index >= 15 is 0 Å². The molecule has 1 fully saturated rings. The molecule has 1 saturated heterocycles. The highest BCUT2D eigenvalue weighted by Crippen LogP contribution is 2.27. The predicted octanol–water partition coefficient (Wildman–Crippen LogP) is 5.05. The maximum atomic E-state index is 13.0. The Morgan fingerprint density at radius 2 is 1.93 bits per heavy atom. The molecule has 0 spiro atoms. The second-order valence-corrected chi connectivity index (χ2v) is 7.93. The number of amides is 2. The summed E-state index contributed by atoms with van der Waals surface area (Å²) >= 11 is 7.60. The molecule has 1 N–H and O–H groups in total. The minimum absolute atomic E-state index is 0.106. The number of hydrogen-bond acceptors (Lipinski definition) is 3. The molecule has 2 amide bonds. The molecule has 2 heterocycles. The molecule has 1 aliphatic rings. The van der Waals surface area contributed by atoms with Gasteiger partial charge in [-0.1, -0.05) is 29.8 Å². The lowest BCUT2D eigenvalue weighted by Crippen LogP contribution is -2.29. The first-order chi connectivity index (χ1) is 13.6. The average Bonchev–Trinajstić information content (AvgIpc) is 3.39. The van der Waals surface area contributed by atoms with Crippen LogP contribution >= 0.6 is 22.9 Å². The van der Waals surface area contributed by atoms with Gasteiger partial charge in [-0.25, -0.2) is 0 Å². The van der Waals surface area contributed by atoms with E-state index in [0.717, 1.165) is 23.2 Å². The normalized spacial score (nSPS) is 14.9. The van der Waals surface area contributed by atoms with Gasteiger partial charge < -0.3 is 10.2 Å². The Kier molecular flexibility index (Phi) is 5.46. The number of carbonyl (C=O) groups excluding carboxylic acids is 2. The molecular weight excluding hydrogens is 392 g/mol. The fraction of sp³-hybridized carbons (Fsp3) is 0.182. The van der Waals surface area contributed by atoms with E-state index in [2.05, 4.69) is 5.32 Å². The number of benzene rings is 2. The molecule has 6 heteroatoms. The number of halogens is 1. The van der Waals surface area contributed by atoms with Crippen molar-refractivity contribution in [2.24, 2.45) is 0 Å². The summed E-state index contributed by atoms with van der Waals surface area (Å²) in [5.74, 6) is -0.0745. The molecular formula is C22H19ClN2O2S. The number of carbonyl (C=O) groups is 2. The number of anilines is 1. The van der Waals surface area contributed by atoms with Crippen LogP contribution in [0.3, 0.4) is 0 Å². The number of nitrogens with zero attached hydrogens (tertiary/aromatic N) is 1. The van der Waals surface area contributed by atoms with Crippen LogP contribution < -0.4 is 10.2 Å². The summed E-state index contributed by atoms with van der Waals surface area (Å²) in [6.07, 6.45) is 1.42. The highest BCUT2D eigenvalue weighted by Gasteiger charge is 2.23. The van der Waals surface area contributed by atoms with Crippen LogP contribution in [-0.2, 0) is 4.79 Å². The molecule has 1 unspecified atom stereocenters. The van der Waals surface area contributed by atoms with Crippen molar-refractivity contribution < 1.29 is 9.59 Å². The van der Waals surface area contributed by atoms with Gasteiger partial charge in [0.05, 0.1) is 6.04 Å². The van der Waals surface area contributed by atoms with Crippen molar-refractivity contribution in [2.45, 2.75) is 18.9 Å². The summed E-state index contributed by atoms with van der Waals surface area (Å²) in [7, 11) is 0. The molecule has 1 aromatic heterocycles. The molecule has 28 heavy (non-hydrogen) atoms. The van der Waals surface area contributed by atoms with Crippen molar-refractivity contribution in [1.29, 1.82) is 0 Å². The third kappa shape index (κ3) is 3.96. The smallest absolute Gasteiger partial charge is 0.252 e. The van der Waals surface area contributed by atoms with Crippen molar-refractivity contribution in [2.75, 3.05) is 11.4 Å². The standard InChI is InChI=1S/C22H19ClN2O2S/c23-18-8-6-15(7-9-18)21(17-10-12-28-14-17)24-22(27)16-3-1-4-19(13-16)25-11-2-5-20(25)26/h1,3-4,6-10,12-14,21H,2,5,11H2,(H,24,27). The first kappa shape index (κ1) is 18.7. The van der Waals surface area contributed by atoms with Gasteiger partial charge in [-0.3, -0.25) is 9.59 Å². The van der Waals surface area contributed by atoms with Crippen LogP contribution in [0.25, 0.3) is 0 Å². The molecule has 1 aliphatic heterocycles. The summed E-state index contributed by atoms with van der Waals surface area (Å²) in [5, 5.41) is 7.79. The Morgan fingerprint density at radius 1 is 1.11 bits per heavy atom. The summed E-state index contributed by atoms with van der Waals surface area (Å²) in [4.78, 5) is 26.8. The lowest BCUT2D eigenvalue weighted by atomic mass is 10.0. The van der Waals surface area contributed by atoms with Gasteiger partial charge in [-0.05, 0) is 64.7 Å². The van der Waals surface area contributed by atoms with Crippen LogP contribution in [0, 0.1) is 0 Å². The van der Waals surface area contributed by atoms with Crippen LogP contribution in [0.5, 0.6) is 0 Å². The van der Waals surface area contributed by atoms with E-state index in [0.29, 0.717) is 23.6 Å². The fourth-order valence-corrected chi connectivity index (χ4v) is 4.22. The Hall–Kier alpha value is -2.63. The molecule has 2 aromatic carbocycles. The van der Waals surface area contributed by atoms with E-state index in [1.807, 2.05) is 53.2 Å². The van der Waals surface area contributed by atoms with Gasteiger partial charge >= 0.3 is 0 Å². The average molecular weight is 411 g/mol. The van der Waals surface area contributed by atoms with E-state index in [-0.39, 0.29) is 17.9 Å². The molecule has 3 aromatic rings. The monoisotopic (exact) mass is 410 g/mol. The minimum atomic E-state index is -0.270. The van der Waals surface area contributed by atoms with Gasteiger partial charge in [-0.15, -0.1) is 0 Å². The maximum Gasteiger partial charge on any atom is 0.252 e. The molecule has 4 nitrogen and oxygen atoms in total. The highest BCUT2D eigenvalue weighted by molar-refractivity contribution is 7.08. The molecule has 4 rings (SSSR count). The summed E-state index contributed by atoms with van der Waals surface area (Å²) in [6, 6.07) is 16.5. The molecule has 1 atom stereocenters. The van der Waals surface area contributed by atoms with Crippen LogP contribution in [0.15, 0.2) is 65.4 Å². The van der Waals surface area contributed by atoms with Crippen LogP contribution in [0.4, 0.5) is 5.69 Å². The van der Waals surface area contributed by atoms with Crippen molar-refractivity contribution >= 4 is 40.4 Å². The summed E-state index contributed by atoms with van der Waals surface area (Å²) < 4.78 is 0. The topological polar surface area (TPSA) is 49.4 Å². The maximum absolute atomic E-state index is 13.0. The van der Waals surface area contributed by atoms with Gasteiger partial charge in [-0.2, -0.15) is 11.3 Å². The first-order valence-corrected chi connectivity index (χ1v) is 10.4. The largest absolute Gasteiger partial charge is 0.341 e. The van der Waals surface area contributed by atoms with E-state index in [4.69, 9.17) is 11.6 Å². The zero-order chi connectivity index (χ0) is 19.5. The molecule has 0 radical (unpaired) electrons. The quantitative estimate of drug-likeness (QED) is 0.640. The number of thiophene rings is 1. The number of hydrogen-bond donors (Lipinski definition) is 1. The van der Waals surface area contributed by atoms with Crippen molar-refractivity contribution in [1.82, 2.24) is 5.32 Å². The third-order valence-corrected chi connectivity index (χ3v) is 5.80. The van der Waals surface area contributed by atoms with Gasteiger partial charge in [0, 0.05) is 29.2 Å². The van der Waals surface area contributed by atoms with E-state index in [1.54, 1.807) is 28.4 Å². The molecule has 0 aliphatic carbocycles. The highest BCUT2D eigenvalue weighted by atomic mass is 35.5. The van der Waals surface area contributed by atoms with E-state index in [9.17, 15) is 9.59 Å². The van der Waals surface area contributed by atoms with Crippen LogP contribution in [0.1, 0.15) is 40.4 Å². The summed E-state index contributed by atoms with van der Waals surface area (Å²) in [5.41, 5.74) is 3.29. The third-order valence-electron chi connectivity index (χ3n) is 4.85. The SMILES string of the molecule is O=C(NC(c1ccc(Cl)cc1)c1ccsc1)c1cccc(N2CCCC2=O)c1. The van der Waals surface area contributed by atoms with Crippen molar-refractivity contribution in [3.8, 4) is 0 Å². The van der Waals surface area contributed by atoms with Crippen molar-refractivity contribution in [3.05, 3.63) is 87.1 Å². The van der Waals surface area contributed by atoms with Gasteiger partial charge in [0.25, 0.3) is 5.91 Å². The molecule has 142 valence electrons. The Morgan fingerprint density at radius 3 is 2.61 bits per heavy atom. The Labute approximate surface area is 172 Å². The number of nitrogens with one attached hydrogen (secondary N) is 1. The van der Waals surface area contributed by atoms with Gasteiger partial charge in [0.2, 0.25) is 5.91 Å². The Bertz CT molecular complexity index is 986. The first-order valence-electron chi connectivity index (χ1n) is 9.11. The second kappa shape index (κ2) is 8.17. The molecule has 0 saturated carbocycles. The Balaban J connectivity index is 1.60. The lowest BCUT2D eigenvalue weighted by Gasteiger charge is -2.20. The van der Waals surface area contributed by atoms with Gasteiger partial charge in [0.15, 0.2) is 0 Å². The zero-order valence-corrected chi connectivity index (χ0v) is 16.7. The van der Waals surface area contributed by atoms with E-state index < -0.39 is 0 Å². The van der Waals surface area contributed by atoms with Crippen molar-refractivity contribution in [3.63, 3.8) is 0 Å². The lowest BCUT2D eigenvalue weighted by molar-refractivity contribution is -0.117. The van der Waals surface area contributed by atoms with Gasteiger partial charge in [0.1, 0.15) is 0 Å². The minimum Gasteiger partial charge on any atom is -0.341 e. The fourth-order valence-electron chi connectivity index (χ4n) is 3.40. The number of rotatable bonds is 5. The van der Waals surface area contributed by atoms with E-state index in [1.165, 1.54) is 0 Å².